The molecule has 1 aromatic rings. The molecule has 0 aliphatic heterocycles. The van der Waals surface area contributed by atoms with E-state index in [0.29, 0.717) is 12.0 Å². The van der Waals surface area contributed by atoms with E-state index in [1.807, 2.05) is 31.1 Å². The van der Waals surface area contributed by atoms with Crippen molar-refractivity contribution >= 4 is 11.8 Å². The van der Waals surface area contributed by atoms with Gasteiger partial charge in [-0.15, -0.1) is 11.8 Å². The van der Waals surface area contributed by atoms with Crippen molar-refractivity contribution in [1.82, 2.24) is 10.3 Å². The highest BCUT2D eigenvalue weighted by molar-refractivity contribution is 7.99. The summed E-state index contributed by atoms with van der Waals surface area (Å²) in [5.74, 6) is 1.83. The average molecular weight is 224 g/mol. The minimum Gasteiger partial charge on any atom is -0.313 e. The Bertz CT molecular complexity index is 299. The summed E-state index contributed by atoms with van der Waals surface area (Å²) in [7, 11) is 1.98. The van der Waals surface area contributed by atoms with Gasteiger partial charge in [0.2, 0.25) is 0 Å². The number of nitrogens with one attached hydrogen (secondary N) is 1. The minimum absolute atomic E-state index is 0.369. The molecule has 2 nitrogen and oxygen atoms in total. The molecule has 0 saturated carbocycles. The van der Waals surface area contributed by atoms with E-state index in [-0.39, 0.29) is 0 Å². The van der Waals surface area contributed by atoms with Crippen LogP contribution in [0.25, 0.3) is 0 Å². The van der Waals surface area contributed by atoms with Crippen molar-refractivity contribution in [3.63, 3.8) is 0 Å². The first-order valence-corrected chi connectivity index (χ1v) is 6.38. The number of pyridine rings is 1. The molecule has 15 heavy (non-hydrogen) atoms. The Morgan fingerprint density at radius 3 is 2.73 bits per heavy atom. The molecular weight excluding hydrogens is 204 g/mol. The van der Waals surface area contributed by atoms with E-state index in [4.69, 9.17) is 0 Å². The normalized spacial score (nSPS) is 13.1. The molecular formula is C12H20N2S. The van der Waals surface area contributed by atoms with Gasteiger partial charge >= 0.3 is 0 Å². The maximum absolute atomic E-state index is 4.44. The Kier molecular flexibility index (Phi) is 5.12. The van der Waals surface area contributed by atoms with Crippen molar-refractivity contribution < 1.29 is 0 Å². The number of hydrogen-bond acceptors (Lipinski definition) is 3. The lowest BCUT2D eigenvalue weighted by molar-refractivity contribution is 0.634. The first-order valence-electron chi connectivity index (χ1n) is 5.40. The van der Waals surface area contributed by atoms with Gasteiger partial charge in [0.1, 0.15) is 5.03 Å². The van der Waals surface area contributed by atoms with Gasteiger partial charge < -0.3 is 5.32 Å². The van der Waals surface area contributed by atoms with E-state index >= 15 is 0 Å². The molecule has 1 aromatic heterocycles. The lowest BCUT2D eigenvalue weighted by Gasteiger charge is -2.14. The monoisotopic (exact) mass is 224 g/mol. The van der Waals surface area contributed by atoms with E-state index in [1.165, 1.54) is 5.56 Å². The highest BCUT2D eigenvalue weighted by Gasteiger charge is 2.10. The van der Waals surface area contributed by atoms with Gasteiger partial charge in [-0.3, -0.25) is 0 Å². The van der Waals surface area contributed by atoms with Gasteiger partial charge in [0.25, 0.3) is 0 Å². The molecule has 1 heterocycles. The molecule has 3 heteroatoms. The van der Waals surface area contributed by atoms with Crippen molar-refractivity contribution in [1.29, 1.82) is 0 Å². The quantitative estimate of drug-likeness (QED) is 0.778. The summed E-state index contributed by atoms with van der Waals surface area (Å²) < 4.78 is 0. The molecule has 0 aromatic carbocycles. The van der Waals surface area contributed by atoms with Gasteiger partial charge in [-0.25, -0.2) is 4.98 Å². The zero-order valence-electron chi connectivity index (χ0n) is 9.95. The lowest BCUT2D eigenvalue weighted by atomic mass is 10.1. The van der Waals surface area contributed by atoms with Crippen molar-refractivity contribution in [2.24, 2.45) is 5.92 Å². The summed E-state index contributed by atoms with van der Waals surface area (Å²) in [4.78, 5) is 4.44. The molecule has 1 rings (SSSR count). The minimum atomic E-state index is 0.369. The van der Waals surface area contributed by atoms with Gasteiger partial charge in [0.05, 0.1) is 0 Å². The van der Waals surface area contributed by atoms with Crippen LogP contribution in [-0.4, -0.2) is 17.8 Å². The molecule has 1 N–H and O–H groups in total. The molecule has 0 radical (unpaired) electrons. The molecule has 0 aliphatic rings. The molecule has 1 unspecified atom stereocenters. The topological polar surface area (TPSA) is 24.9 Å². The summed E-state index contributed by atoms with van der Waals surface area (Å²) in [6, 6.07) is 4.52. The van der Waals surface area contributed by atoms with Gasteiger partial charge in [-0.1, -0.05) is 19.9 Å². The Labute approximate surface area is 96.9 Å². The molecule has 84 valence electrons. The Hall–Kier alpha value is -0.540. The fourth-order valence-electron chi connectivity index (χ4n) is 1.25. The molecule has 0 bridgehead atoms. The third kappa shape index (κ3) is 3.84. The first-order chi connectivity index (χ1) is 7.15. The standard InChI is InChI=1S/C12H20N2S/c1-9(2)8-15-12-11(10(3)13-4)6-5-7-14-12/h5-7,9-10,13H,8H2,1-4H3. The second-order valence-corrected chi connectivity index (χ2v) is 5.12. The highest BCUT2D eigenvalue weighted by Crippen LogP contribution is 2.26. The SMILES string of the molecule is CNC(C)c1cccnc1SCC(C)C. The van der Waals surface area contributed by atoms with Crippen LogP contribution in [-0.2, 0) is 0 Å². The average Bonchev–Trinajstić information content (AvgIpc) is 2.25. The van der Waals surface area contributed by atoms with E-state index in [0.717, 1.165) is 10.8 Å². The maximum Gasteiger partial charge on any atom is 0.101 e. The fourth-order valence-corrected chi connectivity index (χ4v) is 2.29. The molecule has 0 fully saturated rings. The van der Waals surface area contributed by atoms with E-state index in [9.17, 15) is 0 Å². The van der Waals surface area contributed by atoms with E-state index in [2.05, 4.69) is 37.1 Å². The van der Waals surface area contributed by atoms with Crippen molar-refractivity contribution in [2.45, 2.75) is 31.8 Å². The Morgan fingerprint density at radius 1 is 1.40 bits per heavy atom. The van der Waals surface area contributed by atoms with Crippen molar-refractivity contribution in [2.75, 3.05) is 12.8 Å². The summed E-state index contributed by atoms with van der Waals surface area (Å²) >= 11 is 1.85. The molecule has 0 saturated heterocycles. The van der Waals surface area contributed by atoms with Gasteiger partial charge in [0, 0.05) is 23.6 Å². The Morgan fingerprint density at radius 2 is 2.13 bits per heavy atom. The number of thioether (sulfide) groups is 1. The van der Waals surface area contributed by atoms with Crippen LogP contribution < -0.4 is 5.32 Å². The number of rotatable bonds is 5. The second kappa shape index (κ2) is 6.13. The second-order valence-electron chi connectivity index (χ2n) is 4.11. The number of nitrogens with zero attached hydrogens (tertiary/aromatic N) is 1. The largest absolute Gasteiger partial charge is 0.313 e. The fraction of sp³-hybridized carbons (Fsp3) is 0.583. The third-order valence-electron chi connectivity index (χ3n) is 2.25. The third-order valence-corrected chi connectivity index (χ3v) is 3.70. The summed E-state index contributed by atoms with van der Waals surface area (Å²) in [5.41, 5.74) is 1.30. The van der Waals surface area contributed by atoms with E-state index < -0.39 is 0 Å². The van der Waals surface area contributed by atoms with Crippen LogP contribution in [0.5, 0.6) is 0 Å². The molecule has 1 atom stereocenters. The predicted octanol–water partition coefficient (Wildman–Crippen LogP) is 3.11. The number of hydrogen-bond donors (Lipinski definition) is 1. The van der Waals surface area contributed by atoms with Crippen molar-refractivity contribution in [3.8, 4) is 0 Å². The number of aromatic nitrogens is 1. The van der Waals surface area contributed by atoms with Crippen LogP contribution >= 0.6 is 11.8 Å². The zero-order chi connectivity index (χ0) is 11.3. The van der Waals surface area contributed by atoms with Gasteiger partial charge in [-0.05, 0) is 26.0 Å². The summed E-state index contributed by atoms with van der Waals surface area (Å²) in [5, 5.41) is 4.42. The first kappa shape index (κ1) is 12.5. The van der Waals surface area contributed by atoms with Crippen LogP contribution in [0.3, 0.4) is 0 Å². The molecule has 0 amide bonds. The smallest absolute Gasteiger partial charge is 0.101 e. The molecule has 0 spiro atoms. The van der Waals surface area contributed by atoms with Crippen LogP contribution in [0.1, 0.15) is 32.4 Å². The maximum atomic E-state index is 4.44. The highest BCUT2D eigenvalue weighted by atomic mass is 32.2. The summed E-state index contributed by atoms with van der Waals surface area (Å²) in [6.07, 6.45) is 1.87. The lowest BCUT2D eigenvalue weighted by Crippen LogP contribution is -2.13. The molecule has 0 aliphatic carbocycles. The zero-order valence-corrected chi connectivity index (χ0v) is 10.8. The van der Waals surface area contributed by atoms with Crippen LogP contribution in [0.15, 0.2) is 23.4 Å². The van der Waals surface area contributed by atoms with Gasteiger partial charge in [-0.2, -0.15) is 0 Å². The Balaban J connectivity index is 2.77. The van der Waals surface area contributed by atoms with Gasteiger partial charge in [0.15, 0.2) is 0 Å². The van der Waals surface area contributed by atoms with Crippen LogP contribution in [0.4, 0.5) is 0 Å². The van der Waals surface area contributed by atoms with E-state index in [1.54, 1.807) is 0 Å². The van der Waals surface area contributed by atoms with Crippen molar-refractivity contribution in [3.05, 3.63) is 23.9 Å². The summed E-state index contributed by atoms with van der Waals surface area (Å²) in [6.45, 7) is 6.63. The van der Waals surface area contributed by atoms with Crippen LogP contribution in [0, 0.1) is 5.92 Å². The predicted molar refractivity (Wildman–Crippen MR) is 67.3 cm³/mol. The van der Waals surface area contributed by atoms with Crippen LogP contribution in [0.2, 0.25) is 0 Å².